The molecule has 0 amide bonds. The molecule has 3 aromatic carbocycles. The maximum Gasteiger partial charge on any atom is 0.271 e. The Bertz CT molecular complexity index is 2090. The van der Waals surface area contributed by atoms with Crippen LogP contribution in [0.15, 0.2) is 103 Å². The minimum Gasteiger partial charge on any atom is -0.457 e. The van der Waals surface area contributed by atoms with E-state index in [0.717, 1.165) is 35.2 Å². The van der Waals surface area contributed by atoms with Gasteiger partial charge in [-0.05, 0) is 75.8 Å². The SMILES string of the molecule is O=c1/c(=C\c2ccc(-c3ccc([N+](=O)[O-])cc3Br)o2)sc2n1C(c1ccc(F)cc1)C1=C(N=2)c2ccccc2CC1. The summed E-state index contributed by atoms with van der Waals surface area (Å²) in [6, 6.07) is 22.0. The van der Waals surface area contributed by atoms with Crippen molar-refractivity contribution in [2.45, 2.75) is 18.9 Å². The van der Waals surface area contributed by atoms with Crippen molar-refractivity contribution in [2.75, 3.05) is 0 Å². The smallest absolute Gasteiger partial charge is 0.271 e. The second-order valence-corrected chi connectivity index (χ2v) is 11.7. The van der Waals surface area contributed by atoms with Gasteiger partial charge in [-0.3, -0.25) is 19.5 Å². The van der Waals surface area contributed by atoms with Crippen LogP contribution in [-0.2, 0) is 6.42 Å². The molecule has 0 N–H and O–H groups in total. The molecule has 7 rings (SSSR count). The van der Waals surface area contributed by atoms with Crippen LogP contribution in [-0.4, -0.2) is 9.49 Å². The number of benzene rings is 3. The third-order valence-corrected chi connectivity index (χ3v) is 9.03. The Morgan fingerprint density at radius 3 is 2.63 bits per heavy atom. The van der Waals surface area contributed by atoms with Gasteiger partial charge in [0.1, 0.15) is 17.3 Å². The van der Waals surface area contributed by atoms with Gasteiger partial charge in [0.2, 0.25) is 0 Å². The van der Waals surface area contributed by atoms with E-state index in [2.05, 4.69) is 28.1 Å². The molecule has 0 bridgehead atoms. The monoisotopic (exact) mass is 627 g/mol. The summed E-state index contributed by atoms with van der Waals surface area (Å²) >= 11 is 4.66. The minimum absolute atomic E-state index is 0.0328. The van der Waals surface area contributed by atoms with Crippen LogP contribution < -0.4 is 14.9 Å². The molecule has 0 spiro atoms. The number of nitrogens with zero attached hydrogens (tertiary/aromatic N) is 3. The van der Waals surface area contributed by atoms with E-state index >= 15 is 0 Å². The Labute approximate surface area is 244 Å². The zero-order chi connectivity index (χ0) is 28.2. The van der Waals surface area contributed by atoms with E-state index in [4.69, 9.17) is 9.41 Å². The standard InChI is InChI=1S/C31H19BrFN3O4S/c32-25-15-20(36(38)39)10-13-23(25)26-14-11-21(40-26)16-27-30(37)35-29(18-5-8-19(33)9-6-18)24-12-7-17-3-1-2-4-22(17)28(24)34-31(35)41-27/h1-6,8-11,13-16,29H,7,12H2/b27-16+. The average molecular weight is 628 g/mol. The minimum atomic E-state index is -0.461. The van der Waals surface area contributed by atoms with E-state index in [1.165, 1.54) is 41.2 Å². The highest BCUT2D eigenvalue weighted by Crippen LogP contribution is 2.41. The summed E-state index contributed by atoms with van der Waals surface area (Å²) in [6.07, 6.45) is 3.26. The van der Waals surface area contributed by atoms with Gasteiger partial charge in [0.15, 0.2) is 4.80 Å². The molecule has 202 valence electrons. The van der Waals surface area contributed by atoms with Crippen LogP contribution in [0.5, 0.6) is 0 Å². The fraction of sp³-hybridized carbons (Fsp3) is 0.0968. The van der Waals surface area contributed by atoms with Crippen molar-refractivity contribution in [1.29, 1.82) is 0 Å². The van der Waals surface area contributed by atoms with Crippen LogP contribution in [0.2, 0.25) is 0 Å². The highest BCUT2D eigenvalue weighted by atomic mass is 79.9. The molecule has 0 saturated heterocycles. The van der Waals surface area contributed by atoms with E-state index in [-0.39, 0.29) is 17.1 Å². The van der Waals surface area contributed by atoms with E-state index in [1.807, 2.05) is 12.1 Å². The molecule has 5 aromatic rings. The largest absolute Gasteiger partial charge is 0.457 e. The van der Waals surface area contributed by atoms with Gasteiger partial charge in [-0.15, -0.1) is 0 Å². The summed E-state index contributed by atoms with van der Waals surface area (Å²) in [5, 5.41) is 11.1. The number of halogens is 2. The first-order valence-corrected chi connectivity index (χ1v) is 14.4. The van der Waals surface area contributed by atoms with Crippen LogP contribution in [0, 0.1) is 15.9 Å². The van der Waals surface area contributed by atoms with Crippen LogP contribution in [0.4, 0.5) is 10.1 Å². The van der Waals surface area contributed by atoms with Crippen molar-refractivity contribution in [3.05, 3.63) is 147 Å². The van der Waals surface area contributed by atoms with Gasteiger partial charge in [-0.25, -0.2) is 9.38 Å². The summed E-state index contributed by atoms with van der Waals surface area (Å²) in [6.45, 7) is 0. The molecule has 0 saturated carbocycles. The number of thiazole rings is 1. The van der Waals surface area contributed by atoms with Gasteiger partial charge in [-0.2, -0.15) is 0 Å². The number of aryl methyl sites for hydroxylation is 1. The first-order valence-electron chi connectivity index (χ1n) is 12.8. The maximum absolute atomic E-state index is 13.9. The molecule has 1 atom stereocenters. The van der Waals surface area contributed by atoms with Gasteiger partial charge in [-0.1, -0.05) is 47.7 Å². The van der Waals surface area contributed by atoms with Crippen LogP contribution in [0.25, 0.3) is 23.1 Å². The number of allylic oxidation sites excluding steroid dienone is 1. The summed E-state index contributed by atoms with van der Waals surface area (Å²) in [4.78, 5) is 30.1. The Hall–Kier alpha value is -4.41. The number of hydrogen-bond acceptors (Lipinski definition) is 6. The lowest BCUT2D eigenvalue weighted by Crippen LogP contribution is -2.38. The van der Waals surface area contributed by atoms with Gasteiger partial charge in [0, 0.05) is 33.8 Å². The summed E-state index contributed by atoms with van der Waals surface area (Å²) in [7, 11) is 0. The number of nitro benzene ring substituents is 1. The molecule has 1 aliphatic heterocycles. The molecule has 2 aliphatic rings. The van der Waals surface area contributed by atoms with Crippen molar-refractivity contribution >= 4 is 44.7 Å². The second kappa shape index (κ2) is 9.90. The van der Waals surface area contributed by atoms with E-state index in [0.29, 0.717) is 30.9 Å². The lowest BCUT2D eigenvalue weighted by molar-refractivity contribution is -0.384. The average Bonchev–Trinajstić information content (AvgIpc) is 3.56. The number of aromatic nitrogens is 1. The second-order valence-electron chi connectivity index (χ2n) is 9.79. The third kappa shape index (κ3) is 4.39. The van der Waals surface area contributed by atoms with E-state index in [9.17, 15) is 19.3 Å². The summed E-state index contributed by atoms with van der Waals surface area (Å²) in [5.74, 6) is 0.627. The molecular weight excluding hydrogens is 609 g/mol. The zero-order valence-electron chi connectivity index (χ0n) is 21.2. The maximum atomic E-state index is 13.9. The number of hydrogen-bond donors (Lipinski definition) is 0. The normalized spacial score (nSPS) is 16.1. The van der Waals surface area contributed by atoms with Gasteiger partial charge < -0.3 is 4.42 Å². The number of nitro groups is 1. The third-order valence-electron chi connectivity index (χ3n) is 7.39. The number of fused-ring (bicyclic) bond motifs is 3. The lowest BCUT2D eigenvalue weighted by atomic mass is 9.83. The first kappa shape index (κ1) is 25.6. The molecule has 41 heavy (non-hydrogen) atoms. The molecule has 3 heterocycles. The Kier molecular flexibility index (Phi) is 6.17. The Morgan fingerprint density at radius 1 is 1.05 bits per heavy atom. The molecule has 1 unspecified atom stereocenters. The summed E-state index contributed by atoms with van der Waals surface area (Å²) in [5.41, 5.74) is 5.42. The quantitative estimate of drug-likeness (QED) is 0.171. The van der Waals surface area contributed by atoms with Crippen molar-refractivity contribution in [3.8, 4) is 11.3 Å². The fourth-order valence-corrected chi connectivity index (χ4v) is 7.03. The fourth-order valence-electron chi connectivity index (χ4n) is 5.49. The predicted molar refractivity (Wildman–Crippen MR) is 158 cm³/mol. The number of furan rings is 1. The first-order chi connectivity index (χ1) is 19.9. The van der Waals surface area contributed by atoms with E-state index < -0.39 is 11.0 Å². The van der Waals surface area contributed by atoms with Gasteiger partial charge >= 0.3 is 0 Å². The molecule has 0 fully saturated rings. The summed E-state index contributed by atoms with van der Waals surface area (Å²) < 4.78 is 22.6. The van der Waals surface area contributed by atoms with Crippen LogP contribution >= 0.6 is 27.3 Å². The van der Waals surface area contributed by atoms with Crippen LogP contribution in [0.3, 0.4) is 0 Å². The zero-order valence-corrected chi connectivity index (χ0v) is 23.6. The van der Waals surface area contributed by atoms with E-state index in [1.54, 1.807) is 41.0 Å². The van der Waals surface area contributed by atoms with Gasteiger partial charge in [0.05, 0.1) is 21.2 Å². The van der Waals surface area contributed by atoms with Crippen molar-refractivity contribution in [3.63, 3.8) is 0 Å². The lowest BCUT2D eigenvalue weighted by Gasteiger charge is -2.30. The van der Waals surface area contributed by atoms with Gasteiger partial charge in [0.25, 0.3) is 11.2 Å². The predicted octanol–water partition coefficient (Wildman–Crippen LogP) is 6.39. The van der Waals surface area contributed by atoms with Crippen molar-refractivity contribution < 1.29 is 13.7 Å². The highest BCUT2D eigenvalue weighted by Gasteiger charge is 2.32. The van der Waals surface area contributed by atoms with Crippen molar-refractivity contribution in [1.82, 2.24) is 4.57 Å². The highest BCUT2D eigenvalue weighted by molar-refractivity contribution is 9.10. The molecule has 2 aromatic heterocycles. The molecule has 1 aliphatic carbocycles. The van der Waals surface area contributed by atoms with Crippen LogP contribution in [0.1, 0.15) is 34.9 Å². The topological polar surface area (TPSA) is 90.6 Å². The Balaban J connectivity index is 1.36. The molecule has 7 nitrogen and oxygen atoms in total. The number of rotatable bonds is 4. The Morgan fingerprint density at radius 2 is 1.85 bits per heavy atom. The van der Waals surface area contributed by atoms with Crippen molar-refractivity contribution in [2.24, 2.45) is 4.99 Å². The number of non-ortho nitro benzene ring substituents is 1. The molecule has 10 heteroatoms. The molecule has 0 radical (unpaired) electrons. The molecular formula is C31H19BrFN3O4S.